The number of hydrogen-bond donors (Lipinski definition) is 2. The number of nitro groups is 1. The zero-order valence-corrected chi connectivity index (χ0v) is 15.6. The van der Waals surface area contributed by atoms with E-state index in [0.29, 0.717) is 16.9 Å². The van der Waals surface area contributed by atoms with E-state index in [9.17, 15) is 19.7 Å². The number of rotatable bonds is 8. The third kappa shape index (κ3) is 6.20. The van der Waals surface area contributed by atoms with E-state index in [2.05, 4.69) is 15.8 Å². The Morgan fingerprint density at radius 1 is 1.11 bits per heavy atom. The molecule has 2 rings (SSSR count). The van der Waals surface area contributed by atoms with Gasteiger partial charge in [0.2, 0.25) is 11.8 Å². The van der Waals surface area contributed by atoms with Crippen molar-refractivity contribution in [3.63, 3.8) is 0 Å². The first-order chi connectivity index (χ1) is 13.4. The summed E-state index contributed by atoms with van der Waals surface area (Å²) in [5, 5.41) is 17.6. The number of hydrazone groups is 1. The van der Waals surface area contributed by atoms with E-state index in [1.54, 1.807) is 55.4 Å². The first-order valence-electron chi connectivity index (χ1n) is 8.49. The fraction of sp³-hybridized carbons (Fsp3) is 0.211. The highest BCUT2D eigenvalue weighted by atomic mass is 16.6. The van der Waals surface area contributed by atoms with Crippen molar-refractivity contribution in [2.75, 3.05) is 24.3 Å². The van der Waals surface area contributed by atoms with Gasteiger partial charge in [0, 0.05) is 44.3 Å². The van der Waals surface area contributed by atoms with Gasteiger partial charge in [0.05, 0.1) is 11.1 Å². The quantitative estimate of drug-likeness (QED) is 0.413. The molecule has 0 fully saturated rings. The van der Waals surface area contributed by atoms with Crippen LogP contribution in [0.1, 0.15) is 18.4 Å². The minimum absolute atomic E-state index is 0.0131. The standard InChI is InChI=1S/C19H21N5O4/c1-23(2)16-9-8-14(12-17(16)24(27)28)13-20-22-19(26)11-10-18(25)21-15-6-4-3-5-7-15/h3-9,12-13H,10-11H2,1-2H3,(H,21,25)(H,22,26). The summed E-state index contributed by atoms with van der Waals surface area (Å²) in [5.41, 5.74) is 3.85. The van der Waals surface area contributed by atoms with Crippen molar-refractivity contribution in [2.24, 2.45) is 5.10 Å². The van der Waals surface area contributed by atoms with Crippen LogP contribution in [0.4, 0.5) is 17.1 Å². The normalized spacial score (nSPS) is 10.5. The average Bonchev–Trinajstić information content (AvgIpc) is 2.67. The molecule has 0 aliphatic carbocycles. The van der Waals surface area contributed by atoms with Crippen molar-refractivity contribution in [3.05, 3.63) is 64.2 Å². The van der Waals surface area contributed by atoms with Gasteiger partial charge in [0.1, 0.15) is 5.69 Å². The average molecular weight is 383 g/mol. The number of nitrogens with zero attached hydrogens (tertiary/aromatic N) is 3. The maximum absolute atomic E-state index is 11.8. The molecule has 2 aromatic carbocycles. The molecule has 0 aromatic heterocycles. The molecular formula is C19H21N5O4. The molecular weight excluding hydrogens is 362 g/mol. The molecule has 0 heterocycles. The Bertz CT molecular complexity index is 881. The summed E-state index contributed by atoms with van der Waals surface area (Å²) in [6, 6.07) is 13.6. The fourth-order valence-electron chi connectivity index (χ4n) is 2.35. The molecule has 0 saturated carbocycles. The predicted octanol–water partition coefficient (Wildman–Crippen LogP) is 2.53. The second kappa shape index (κ2) is 9.81. The van der Waals surface area contributed by atoms with E-state index < -0.39 is 10.8 Å². The third-order valence-electron chi connectivity index (χ3n) is 3.72. The fourth-order valence-corrected chi connectivity index (χ4v) is 2.35. The van der Waals surface area contributed by atoms with E-state index >= 15 is 0 Å². The minimum Gasteiger partial charge on any atom is -0.372 e. The lowest BCUT2D eigenvalue weighted by atomic mass is 10.2. The molecule has 0 spiro atoms. The van der Waals surface area contributed by atoms with Crippen molar-refractivity contribution < 1.29 is 14.5 Å². The first-order valence-corrected chi connectivity index (χ1v) is 8.49. The lowest BCUT2D eigenvalue weighted by molar-refractivity contribution is -0.384. The van der Waals surface area contributed by atoms with Gasteiger partial charge in [-0.3, -0.25) is 19.7 Å². The van der Waals surface area contributed by atoms with Crippen molar-refractivity contribution in [1.29, 1.82) is 0 Å². The number of anilines is 2. The summed E-state index contributed by atoms with van der Waals surface area (Å²) in [6.45, 7) is 0. The van der Waals surface area contributed by atoms with E-state index in [1.165, 1.54) is 12.3 Å². The second-order valence-electron chi connectivity index (χ2n) is 6.11. The van der Waals surface area contributed by atoms with Crippen LogP contribution in [-0.4, -0.2) is 37.0 Å². The molecule has 0 atom stereocenters. The highest BCUT2D eigenvalue weighted by molar-refractivity contribution is 5.93. The summed E-state index contributed by atoms with van der Waals surface area (Å²) in [7, 11) is 3.43. The van der Waals surface area contributed by atoms with E-state index in [0.717, 1.165) is 0 Å². The highest BCUT2D eigenvalue weighted by Crippen LogP contribution is 2.27. The third-order valence-corrected chi connectivity index (χ3v) is 3.72. The monoisotopic (exact) mass is 383 g/mol. The minimum atomic E-state index is -0.476. The van der Waals surface area contributed by atoms with Crippen molar-refractivity contribution in [2.45, 2.75) is 12.8 Å². The summed E-state index contributed by atoms with van der Waals surface area (Å²) >= 11 is 0. The number of nitrogens with one attached hydrogen (secondary N) is 2. The number of nitro benzene ring substituents is 1. The van der Waals surface area contributed by atoms with Gasteiger partial charge in [-0.2, -0.15) is 5.10 Å². The highest BCUT2D eigenvalue weighted by Gasteiger charge is 2.15. The van der Waals surface area contributed by atoms with Gasteiger partial charge in [0.15, 0.2) is 0 Å². The van der Waals surface area contributed by atoms with Crippen LogP contribution < -0.4 is 15.6 Å². The van der Waals surface area contributed by atoms with Crippen LogP contribution in [0.15, 0.2) is 53.6 Å². The molecule has 0 unspecified atom stereocenters. The molecule has 2 N–H and O–H groups in total. The lowest BCUT2D eigenvalue weighted by Crippen LogP contribution is -2.20. The molecule has 9 nitrogen and oxygen atoms in total. The Morgan fingerprint density at radius 2 is 1.79 bits per heavy atom. The van der Waals surface area contributed by atoms with Crippen LogP contribution in [0, 0.1) is 10.1 Å². The Kier molecular flexibility index (Phi) is 7.21. The number of amides is 2. The smallest absolute Gasteiger partial charge is 0.293 e. The molecule has 0 saturated heterocycles. The van der Waals surface area contributed by atoms with Gasteiger partial charge < -0.3 is 10.2 Å². The molecule has 9 heteroatoms. The van der Waals surface area contributed by atoms with E-state index in [4.69, 9.17) is 0 Å². The molecule has 0 bridgehead atoms. The summed E-state index contributed by atoms with van der Waals surface area (Å²) in [5.74, 6) is -0.709. The molecule has 146 valence electrons. The number of carbonyl (C=O) groups is 2. The van der Waals surface area contributed by atoms with Gasteiger partial charge in [-0.1, -0.05) is 24.3 Å². The van der Waals surface area contributed by atoms with Gasteiger partial charge in [0.25, 0.3) is 5.69 Å². The number of benzene rings is 2. The van der Waals surface area contributed by atoms with Crippen molar-refractivity contribution >= 4 is 35.1 Å². The van der Waals surface area contributed by atoms with Gasteiger partial charge >= 0.3 is 0 Å². The lowest BCUT2D eigenvalue weighted by Gasteiger charge is -2.12. The largest absolute Gasteiger partial charge is 0.372 e. The molecule has 28 heavy (non-hydrogen) atoms. The van der Waals surface area contributed by atoms with E-state index in [1.807, 2.05) is 6.07 Å². The summed E-state index contributed by atoms with van der Waals surface area (Å²) in [6.07, 6.45) is 1.29. The predicted molar refractivity (Wildman–Crippen MR) is 107 cm³/mol. The Balaban J connectivity index is 1.85. The van der Waals surface area contributed by atoms with Crippen LogP contribution in [0.3, 0.4) is 0 Å². The van der Waals surface area contributed by atoms with Crippen LogP contribution in [0.25, 0.3) is 0 Å². The molecule has 0 aliphatic heterocycles. The SMILES string of the molecule is CN(C)c1ccc(C=NNC(=O)CCC(=O)Nc2ccccc2)cc1[N+](=O)[O-]. The topological polar surface area (TPSA) is 117 Å². The van der Waals surface area contributed by atoms with Gasteiger partial charge in [-0.05, 0) is 18.2 Å². The van der Waals surface area contributed by atoms with Gasteiger partial charge in [-0.15, -0.1) is 0 Å². The van der Waals surface area contributed by atoms with Crippen molar-refractivity contribution in [1.82, 2.24) is 5.43 Å². The van der Waals surface area contributed by atoms with Crippen LogP contribution in [-0.2, 0) is 9.59 Å². The Labute approximate surface area is 162 Å². The van der Waals surface area contributed by atoms with Crippen molar-refractivity contribution in [3.8, 4) is 0 Å². The number of para-hydroxylation sites is 1. The van der Waals surface area contributed by atoms with Crippen LogP contribution in [0.2, 0.25) is 0 Å². The van der Waals surface area contributed by atoms with Crippen LogP contribution >= 0.6 is 0 Å². The van der Waals surface area contributed by atoms with Gasteiger partial charge in [-0.25, -0.2) is 5.43 Å². The molecule has 2 amide bonds. The summed E-state index contributed by atoms with van der Waals surface area (Å²) in [4.78, 5) is 35.9. The number of hydrogen-bond acceptors (Lipinski definition) is 6. The molecule has 2 aromatic rings. The molecule has 0 aliphatic rings. The summed E-state index contributed by atoms with van der Waals surface area (Å²) < 4.78 is 0. The Morgan fingerprint density at radius 3 is 2.43 bits per heavy atom. The molecule has 0 radical (unpaired) electrons. The number of carbonyl (C=O) groups excluding carboxylic acids is 2. The Hall–Kier alpha value is -3.75. The zero-order valence-electron chi connectivity index (χ0n) is 15.6. The van der Waals surface area contributed by atoms with Crippen LogP contribution in [0.5, 0.6) is 0 Å². The maximum Gasteiger partial charge on any atom is 0.293 e. The first kappa shape index (κ1) is 20.6. The second-order valence-corrected chi connectivity index (χ2v) is 6.11. The zero-order chi connectivity index (χ0) is 20.5. The maximum atomic E-state index is 11.8. The van der Waals surface area contributed by atoms with E-state index in [-0.39, 0.29) is 24.4 Å².